The Balaban J connectivity index is -0.000000636. The van der Waals surface area contributed by atoms with Crippen LogP contribution in [0.5, 0.6) is 0 Å². The topological polar surface area (TPSA) is 101 Å². The van der Waals surface area contributed by atoms with E-state index in [0.717, 1.165) is 25.7 Å². The van der Waals surface area contributed by atoms with E-state index in [2.05, 4.69) is 18.0 Å². The van der Waals surface area contributed by atoms with Gasteiger partial charge in [0.25, 0.3) is 0 Å². The van der Waals surface area contributed by atoms with Crippen molar-refractivity contribution in [3.63, 3.8) is 0 Å². The zero-order valence-electron chi connectivity index (χ0n) is 24.5. The summed E-state index contributed by atoms with van der Waals surface area (Å²) < 4.78 is 33.0. The minimum absolute atomic E-state index is 0. The molecule has 0 saturated carbocycles. The second kappa shape index (κ2) is 35.4. The zero-order chi connectivity index (χ0) is 27.9. The Labute approximate surface area is 259 Å². The predicted molar refractivity (Wildman–Crippen MR) is 164 cm³/mol. The van der Waals surface area contributed by atoms with Gasteiger partial charge in [-0.25, -0.2) is 4.18 Å². The molecule has 0 bridgehead atoms. The van der Waals surface area contributed by atoms with Crippen LogP contribution in [0.15, 0.2) is 0 Å². The molecule has 0 aromatic carbocycles. The molecule has 0 aromatic heterocycles. The first-order valence-electron chi connectivity index (χ1n) is 15.7. The molecule has 8 heteroatoms. The minimum atomic E-state index is -4.23. The number of unbranched alkanes of at least 4 members (excludes halogenated alkanes) is 23. The molecule has 0 fully saturated rings. The van der Waals surface area contributed by atoms with Crippen LogP contribution in [0.3, 0.4) is 0 Å². The van der Waals surface area contributed by atoms with Crippen molar-refractivity contribution in [3.8, 4) is 0 Å². The Kier molecular flexibility index (Phi) is 39.8. The summed E-state index contributed by atoms with van der Waals surface area (Å²) in [6, 6.07) is 0. The van der Waals surface area contributed by atoms with Crippen molar-refractivity contribution in [2.45, 2.75) is 181 Å². The van der Waals surface area contributed by atoms with Crippen molar-refractivity contribution in [2.75, 3.05) is 6.61 Å². The monoisotopic (exact) mass is 574 g/mol. The van der Waals surface area contributed by atoms with E-state index in [4.69, 9.17) is 9.66 Å². The van der Waals surface area contributed by atoms with E-state index in [1.54, 1.807) is 0 Å². The summed E-state index contributed by atoms with van der Waals surface area (Å²) >= 11 is 0. The molecule has 6 nitrogen and oxygen atoms in total. The average Bonchev–Trinajstić information content (AvgIpc) is 2.84. The molecule has 0 unspecified atom stereocenters. The Morgan fingerprint density at radius 1 is 0.526 bits per heavy atom. The van der Waals surface area contributed by atoms with Crippen LogP contribution in [0.1, 0.15) is 181 Å². The maximum absolute atomic E-state index is 10.3. The fourth-order valence-electron chi connectivity index (χ4n) is 4.40. The van der Waals surface area contributed by atoms with Crippen molar-refractivity contribution >= 4 is 45.9 Å². The molecule has 0 aliphatic carbocycles. The molecule has 2 N–H and O–H groups in total. The van der Waals surface area contributed by atoms with Crippen LogP contribution in [-0.4, -0.2) is 60.2 Å². The van der Waals surface area contributed by atoms with Gasteiger partial charge >= 0.3 is 45.9 Å². The standard InChI is InChI=1S/C18H36O2.C12H26O4S.Na.H/c1-2-3-4-5-6-7-8-9-10-11-12-13-14-15-16-17-18(19)20;1-2-3-4-5-6-7-8-9-10-11-12-16-17(13,14)15;;/h2-17H2,1H3,(H,19,20);2-12H2,1H3,(H,13,14,15);;. The molecule has 0 spiro atoms. The van der Waals surface area contributed by atoms with Crippen LogP contribution in [0, 0.1) is 0 Å². The third-order valence-electron chi connectivity index (χ3n) is 6.72. The third kappa shape index (κ3) is 46.2. The number of aliphatic carboxylic acids is 1. The van der Waals surface area contributed by atoms with Gasteiger partial charge in [0.05, 0.1) is 6.61 Å². The quantitative estimate of drug-likeness (QED) is 0.0548. The van der Waals surface area contributed by atoms with Crippen molar-refractivity contribution in [1.82, 2.24) is 0 Å². The first-order chi connectivity index (χ1) is 17.8. The Morgan fingerprint density at radius 3 is 1.05 bits per heavy atom. The van der Waals surface area contributed by atoms with Gasteiger partial charge in [0.15, 0.2) is 0 Å². The van der Waals surface area contributed by atoms with Gasteiger partial charge in [-0.1, -0.05) is 162 Å². The fourth-order valence-corrected chi connectivity index (χ4v) is 4.73. The molecule has 0 saturated heterocycles. The van der Waals surface area contributed by atoms with Crippen LogP contribution in [0.2, 0.25) is 0 Å². The third-order valence-corrected chi connectivity index (χ3v) is 7.19. The second-order valence-electron chi connectivity index (χ2n) is 10.5. The number of rotatable bonds is 28. The summed E-state index contributed by atoms with van der Waals surface area (Å²) in [7, 11) is -4.23. The van der Waals surface area contributed by atoms with E-state index in [-0.39, 0.29) is 36.2 Å². The van der Waals surface area contributed by atoms with E-state index in [0.29, 0.717) is 12.8 Å². The molecule has 0 aliphatic heterocycles. The number of carbonyl (C=O) groups is 1. The van der Waals surface area contributed by atoms with E-state index in [1.807, 2.05) is 0 Å². The van der Waals surface area contributed by atoms with E-state index in [9.17, 15) is 13.2 Å². The summed E-state index contributed by atoms with van der Waals surface area (Å²) in [5.41, 5.74) is 0. The van der Waals surface area contributed by atoms with Gasteiger partial charge in [0.1, 0.15) is 0 Å². The van der Waals surface area contributed by atoms with E-state index in [1.165, 1.54) is 128 Å². The Hall–Kier alpha value is 0.340. The van der Waals surface area contributed by atoms with Crippen LogP contribution < -0.4 is 0 Å². The average molecular weight is 575 g/mol. The van der Waals surface area contributed by atoms with Crippen molar-refractivity contribution in [1.29, 1.82) is 0 Å². The molecule has 0 aliphatic rings. The number of carboxylic acid groups (broad SMARTS) is 1. The van der Waals surface area contributed by atoms with Crippen LogP contribution >= 0.6 is 0 Å². The molecule has 0 radical (unpaired) electrons. The first kappa shape index (κ1) is 42.8. The van der Waals surface area contributed by atoms with Crippen molar-refractivity contribution in [3.05, 3.63) is 0 Å². The molecule has 0 amide bonds. The molecular weight excluding hydrogens is 511 g/mol. The van der Waals surface area contributed by atoms with Gasteiger partial charge in [0, 0.05) is 6.42 Å². The summed E-state index contributed by atoms with van der Waals surface area (Å²) in [6.45, 7) is 4.58. The van der Waals surface area contributed by atoms with Gasteiger partial charge in [-0.2, -0.15) is 8.42 Å². The van der Waals surface area contributed by atoms with Crippen molar-refractivity contribution < 1.29 is 27.1 Å². The first-order valence-corrected chi connectivity index (χ1v) is 17.0. The molecular formula is C30H63NaO6S. The van der Waals surface area contributed by atoms with Gasteiger partial charge < -0.3 is 5.11 Å². The molecule has 0 rings (SSSR count). The van der Waals surface area contributed by atoms with Gasteiger partial charge in [0.2, 0.25) is 0 Å². The summed E-state index contributed by atoms with van der Waals surface area (Å²) in [6.07, 6.45) is 32.1. The molecule has 0 atom stereocenters. The number of hydrogen-bond acceptors (Lipinski definition) is 4. The number of hydrogen-bond donors (Lipinski definition) is 2. The summed E-state index contributed by atoms with van der Waals surface area (Å²) in [5, 5.41) is 8.52. The van der Waals surface area contributed by atoms with Crippen LogP contribution in [-0.2, 0) is 19.4 Å². The SMILES string of the molecule is CCCCCCCCCCCCCCCCCC(=O)O.CCCCCCCCCCCCOS(=O)(=O)O.[NaH]. The fraction of sp³-hybridized carbons (Fsp3) is 0.967. The molecule has 38 heavy (non-hydrogen) atoms. The normalized spacial score (nSPS) is 11.0. The van der Waals surface area contributed by atoms with Gasteiger partial charge in [-0.15, -0.1) is 0 Å². The zero-order valence-corrected chi connectivity index (χ0v) is 25.3. The van der Waals surface area contributed by atoms with Gasteiger partial charge in [-0.3, -0.25) is 9.35 Å². The van der Waals surface area contributed by atoms with Crippen LogP contribution in [0.25, 0.3) is 0 Å². The molecule has 0 aromatic rings. The summed E-state index contributed by atoms with van der Waals surface area (Å²) in [5.74, 6) is -0.653. The predicted octanol–water partition coefficient (Wildman–Crippen LogP) is 9.41. The number of carboxylic acids is 1. The molecule has 226 valence electrons. The second-order valence-corrected chi connectivity index (χ2v) is 11.6. The summed E-state index contributed by atoms with van der Waals surface area (Å²) in [4.78, 5) is 10.3. The van der Waals surface area contributed by atoms with Crippen LogP contribution in [0.4, 0.5) is 0 Å². The van der Waals surface area contributed by atoms with Crippen molar-refractivity contribution in [2.24, 2.45) is 0 Å². The molecule has 0 heterocycles. The Morgan fingerprint density at radius 2 is 0.789 bits per heavy atom. The van der Waals surface area contributed by atoms with E-state index < -0.39 is 16.4 Å². The maximum atomic E-state index is 10.3. The van der Waals surface area contributed by atoms with E-state index >= 15 is 0 Å². The Bertz CT molecular complexity index is 557. The van der Waals surface area contributed by atoms with Gasteiger partial charge in [-0.05, 0) is 12.8 Å².